The average Bonchev–Trinajstić information content (AvgIpc) is 2.36. The molecule has 0 aromatic heterocycles. The van der Waals surface area contributed by atoms with E-state index in [1.165, 1.54) is 0 Å². The molecule has 19 heavy (non-hydrogen) atoms. The van der Waals surface area contributed by atoms with Crippen LogP contribution in [0.25, 0.3) is 0 Å². The van der Waals surface area contributed by atoms with Gasteiger partial charge in [0.1, 0.15) is 0 Å². The van der Waals surface area contributed by atoms with Crippen LogP contribution in [-0.2, 0) is 14.8 Å². The zero-order chi connectivity index (χ0) is 14.3. The predicted octanol–water partition coefficient (Wildman–Crippen LogP) is 1.82. The first-order valence-corrected chi connectivity index (χ1v) is 7.83. The second-order valence-electron chi connectivity index (χ2n) is 4.43. The van der Waals surface area contributed by atoms with Crippen molar-refractivity contribution in [2.24, 2.45) is 0 Å². The zero-order valence-corrected chi connectivity index (χ0v) is 12.5. The van der Waals surface area contributed by atoms with Crippen LogP contribution in [0.1, 0.15) is 20.3 Å². The molecule has 0 saturated heterocycles. The normalized spacial score (nSPS) is 13.2. The summed E-state index contributed by atoms with van der Waals surface area (Å²) < 4.78 is 31.6. The van der Waals surface area contributed by atoms with Gasteiger partial charge in [-0.25, -0.2) is 13.1 Å². The van der Waals surface area contributed by atoms with Crippen LogP contribution in [0.2, 0.25) is 0 Å². The Bertz CT molecular complexity index is 471. The molecule has 1 unspecified atom stereocenters. The maximum atomic E-state index is 12.1. The third-order valence-corrected chi connectivity index (χ3v) is 4.12. The number of anilines is 1. The van der Waals surface area contributed by atoms with Crippen molar-refractivity contribution in [2.45, 2.75) is 31.2 Å². The van der Waals surface area contributed by atoms with E-state index in [9.17, 15) is 8.42 Å². The van der Waals surface area contributed by atoms with Crippen LogP contribution in [0.4, 0.5) is 5.69 Å². The molecule has 1 atom stereocenters. The van der Waals surface area contributed by atoms with Crippen LogP contribution < -0.4 is 10.0 Å². The number of sulfonamides is 1. The van der Waals surface area contributed by atoms with Gasteiger partial charge in [-0.15, -0.1) is 0 Å². The number of methoxy groups -OCH3 is 1. The van der Waals surface area contributed by atoms with E-state index in [4.69, 9.17) is 4.74 Å². The van der Waals surface area contributed by atoms with Crippen LogP contribution in [0.3, 0.4) is 0 Å². The summed E-state index contributed by atoms with van der Waals surface area (Å²) in [7, 11) is -1.94. The monoisotopic (exact) mass is 286 g/mol. The van der Waals surface area contributed by atoms with Crippen molar-refractivity contribution in [3.8, 4) is 0 Å². The molecule has 108 valence electrons. The van der Waals surface area contributed by atoms with E-state index in [0.717, 1.165) is 18.7 Å². The molecule has 1 rings (SSSR count). The minimum Gasteiger partial charge on any atom is -0.385 e. The summed E-state index contributed by atoms with van der Waals surface area (Å²) in [5, 5.41) is 3.20. The largest absolute Gasteiger partial charge is 0.385 e. The lowest BCUT2D eigenvalue weighted by molar-refractivity contribution is 0.180. The third kappa shape index (κ3) is 5.18. The number of ether oxygens (including phenoxy) is 1. The first-order chi connectivity index (χ1) is 8.99. The average molecular weight is 286 g/mol. The maximum absolute atomic E-state index is 12.1. The van der Waals surface area contributed by atoms with Gasteiger partial charge in [-0.05, 0) is 37.6 Å². The summed E-state index contributed by atoms with van der Waals surface area (Å²) in [6.07, 6.45) is 1.02. The van der Waals surface area contributed by atoms with Gasteiger partial charge in [-0.3, -0.25) is 0 Å². The van der Waals surface area contributed by atoms with E-state index in [1.54, 1.807) is 38.3 Å². The fraction of sp³-hybridized carbons (Fsp3) is 0.538. The van der Waals surface area contributed by atoms with Crippen LogP contribution in [-0.4, -0.2) is 34.7 Å². The van der Waals surface area contributed by atoms with Gasteiger partial charge in [0.25, 0.3) is 0 Å². The molecule has 0 aliphatic carbocycles. The highest BCUT2D eigenvalue weighted by atomic mass is 32.2. The highest BCUT2D eigenvalue weighted by Crippen LogP contribution is 2.14. The van der Waals surface area contributed by atoms with Gasteiger partial charge in [-0.2, -0.15) is 0 Å². The molecule has 0 amide bonds. The number of nitrogens with one attached hydrogen (secondary N) is 2. The Morgan fingerprint density at radius 2 is 1.89 bits per heavy atom. The van der Waals surface area contributed by atoms with Gasteiger partial charge in [0.15, 0.2) is 0 Å². The number of rotatable bonds is 8. The second kappa shape index (κ2) is 7.47. The van der Waals surface area contributed by atoms with Crippen molar-refractivity contribution in [1.29, 1.82) is 0 Å². The van der Waals surface area contributed by atoms with Crippen LogP contribution in [0.15, 0.2) is 29.2 Å². The van der Waals surface area contributed by atoms with Crippen molar-refractivity contribution in [1.82, 2.24) is 4.72 Å². The molecule has 0 saturated carbocycles. The highest BCUT2D eigenvalue weighted by Gasteiger charge is 2.16. The lowest BCUT2D eigenvalue weighted by Crippen LogP contribution is -2.35. The Hall–Kier alpha value is -1.11. The van der Waals surface area contributed by atoms with Gasteiger partial charge >= 0.3 is 0 Å². The summed E-state index contributed by atoms with van der Waals surface area (Å²) in [6.45, 7) is 5.05. The van der Waals surface area contributed by atoms with Gasteiger partial charge in [-0.1, -0.05) is 6.92 Å². The van der Waals surface area contributed by atoms with E-state index < -0.39 is 10.0 Å². The molecule has 0 heterocycles. The minimum atomic E-state index is -3.48. The van der Waals surface area contributed by atoms with Crippen molar-refractivity contribution in [2.75, 3.05) is 25.6 Å². The molecule has 0 aliphatic heterocycles. The second-order valence-corrected chi connectivity index (χ2v) is 6.14. The smallest absolute Gasteiger partial charge is 0.240 e. The van der Waals surface area contributed by atoms with E-state index in [1.807, 2.05) is 0 Å². The predicted molar refractivity (Wildman–Crippen MR) is 76.9 cm³/mol. The van der Waals surface area contributed by atoms with Gasteiger partial charge < -0.3 is 10.1 Å². The molecule has 1 aromatic rings. The summed E-state index contributed by atoms with van der Waals surface area (Å²) in [4.78, 5) is 0.262. The lowest BCUT2D eigenvalue weighted by Gasteiger charge is -2.13. The lowest BCUT2D eigenvalue weighted by atomic mass is 10.3. The molecule has 5 nitrogen and oxygen atoms in total. The maximum Gasteiger partial charge on any atom is 0.240 e. The molecule has 1 aromatic carbocycles. The van der Waals surface area contributed by atoms with Gasteiger partial charge in [0.2, 0.25) is 10.0 Å². The van der Waals surface area contributed by atoms with Crippen LogP contribution in [0, 0.1) is 0 Å². The van der Waals surface area contributed by atoms with Crippen LogP contribution in [0.5, 0.6) is 0 Å². The molecular formula is C13H22N2O3S. The fourth-order valence-corrected chi connectivity index (χ4v) is 2.87. The van der Waals surface area contributed by atoms with Crippen molar-refractivity contribution in [3.63, 3.8) is 0 Å². The minimum absolute atomic E-state index is 0.257. The number of hydrogen-bond donors (Lipinski definition) is 2. The van der Waals surface area contributed by atoms with E-state index in [0.29, 0.717) is 6.61 Å². The number of benzene rings is 1. The molecule has 0 spiro atoms. The number of hydrogen-bond acceptors (Lipinski definition) is 4. The summed E-state index contributed by atoms with van der Waals surface area (Å²) in [5.41, 5.74) is 0.922. The van der Waals surface area contributed by atoms with Crippen LogP contribution >= 0.6 is 0 Å². The molecule has 6 heteroatoms. The highest BCUT2D eigenvalue weighted by molar-refractivity contribution is 7.89. The Kier molecular flexibility index (Phi) is 6.27. The Morgan fingerprint density at radius 3 is 2.42 bits per heavy atom. The summed E-state index contributed by atoms with van der Waals surface area (Å²) >= 11 is 0. The molecule has 0 radical (unpaired) electrons. The van der Waals surface area contributed by atoms with Crippen molar-refractivity contribution < 1.29 is 13.2 Å². The Balaban J connectivity index is 2.73. The third-order valence-electron chi connectivity index (χ3n) is 2.52. The molecule has 0 fully saturated rings. The Morgan fingerprint density at radius 1 is 1.26 bits per heavy atom. The zero-order valence-electron chi connectivity index (χ0n) is 11.6. The van der Waals surface area contributed by atoms with Crippen molar-refractivity contribution >= 4 is 15.7 Å². The molecule has 2 N–H and O–H groups in total. The van der Waals surface area contributed by atoms with Gasteiger partial charge in [0, 0.05) is 25.4 Å². The molecule has 0 aliphatic rings. The first kappa shape index (κ1) is 15.9. The first-order valence-electron chi connectivity index (χ1n) is 6.34. The summed E-state index contributed by atoms with van der Waals surface area (Å²) in [5.74, 6) is 0. The molecule has 0 bridgehead atoms. The standard InChI is InChI=1S/C13H22N2O3S/c1-4-9-14-12-5-7-13(8-6-12)19(16,17)15-11(2)10-18-3/h5-8,11,14-15H,4,9-10H2,1-3H3. The van der Waals surface area contributed by atoms with E-state index in [2.05, 4.69) is 17.0 Å². The molecular weight excluding hydrogens is 264 g/mol. The van der Waals surface area contributed by atoms with E-state index >= 15 is 0 Å². The quantitative estimate of drug-likeness (QED) is 0.765. The fourth-order valence-electron chi connectivity index (χ4n) is 1.64. The van der Waals surface area contributed by atoms with Crippen molar-refractivity contribution in [3.05, 3.63) is 24.3 Å². The SMILES string of the molecule is CCCNc1ccc(S(=O)(=O)NC(C)COC)cc1. The summed E-state index contributed by atoms with van der Waals surface area (Å²) in [6, 6.07) is 6.48. The topological polar surface area (TPSA) is 67.4 Å². The Labute approximate surface area is 115 Å². The van der Waals surface area contributed by atoms with Gasteiger partial charge in [0.05, 0.1) is 11.5 Å². The van der Waals surface area contributed by atoms with E-state index in [-0.39, 0.29) is 10.9 Å².